The van der Waals surface area contributed by atoms with Gasteiger partial charge in [-0.05, 0) is 35.2 Å². The Labute approximate surface area is 103 Å². The SMILES string of the molecule is N#Cc1cc(F)cc(COCc2cccs2)c1. The van der Waals surface area contributed by atoms with Crippen LogP contribution < -0.4 is 0 Å². The zero-order chi connectivity index (χ0) is 12.1. The van der Waals surface area contributed by atoms with E-state index >= 15 is 0 Å². The molecule has 0 unspecified atom stereocenters. The summed E-state index contributed by atoms with van der Waals surface area (Å²) in [5.41, 5.74) is 0.998. The lowest BCUT2D eigenvalue weighted by Gasteiger charge is -2.03. The van der Waals surface area contributed by atoms with Gasteiger partial charge in [-0.25, -0.2) is 4.39 Å². The topological polar surface area (TPSA) is 33.0 Å². The summed E-state index contributed by atoms with van der Waals surface area (Å²) in [7, 11) is 0. The maximum Gasteiger partial charge on any atom is 0.124 e. The Balaban J connectivity index is 1.95. The molecule has 4 heteroatoms. The summed E-state index contributed by atoms with van der Waals surface area (Å²) in [6, 6.07) is 10.1. The van der Waals surface area contributed by atoms with E-state index in [9.17, 15) is 4.39 Å². The quantitative estimate of drug-likeness (QED) is 0.828. The lowest BCUT2D eigenvalue weighted by molar-refractivity contribution is 0.109. The van der Waals surface area contributed by atoms with Gasteiger partial charge in [-0.3, -0.25) is 0 Å². The molecule has 0 N–H and O–H groups in total. The van der Waals surface area contributed by atoms with Crippen LogP contribution in [0.5, 0.6) is 0 Å². The van der Waals surface area contributed by atoms with Crippen LogP contribution in [0.2, 0.25) is 0 Å². The summed E-state index contributed by atoms with van der Waals surface area (Å²) in [4.78, 5) is 1.13. The van der Waals surface area contributed by atoms with Crippen molar-refractivity contribution in [1.82, 2.24) is 0 Å². The molecule has 17 heavy (non-hydrogen) atoms. The third-order valence-electron chi connectivity index (χ3n) is 2.18. The van der Waals surface area contributed by atoms with Crippen LogP contribution >= 0.6 is 11.3 Å². The van der Waals surface area contributed by atoms with E-state index < -0.39 is 5.82 Å². The third-order valence-corrected chi connectivity index (χ3v) is 3.03. The lowest BCUT2D eigenvalue weighted by atomic mass is 10.1. The van der Waals surface area contributed by atoms with E-state index in [-0.39, 0.29) is 0 Å². The van der Waals surface area contributed by atoms with Crippen LogP contribution in [0.1, 0.15) is 16.0 Å². The van der Waals surface area contributed by atoms with Crippen molar-refractivity contribution in [2.45, 2.75) is 13.2 Å². The molecule has 2 nitrogen and oxygen atoms in total. The average Bonchev–Trinajstić information content (AvgIpc) is 2.81. The standard InChI is InChI=1S/C13H10FNOS/c14-12-5-10(7-15)4-11(6-12)8-16-9-13-2-1-3-17-13/h1-6H,8-9H2. The number of hydrogen-bond donors (Lipinski definition) is 0. The molecule has 0 aliphatic heterocycles. The Morgan fingerprint density at radius 2 is 2.18 bits per heavy atom. The Kier molecular flexibility index (Phi) is 3.86. The number of nitrogens with zero attached hydrogens (tertiary/aromatic N) is 1. The van der Waals surface area contributed by atoms with Crippen LogP contribution in [-0.4, -0.2) is 0 Å². The normalized spacial score (nSPS) is 10.1. The molecule has 0 atom stereocenters. The fourth-order valence-corrected chi connectivity index (χ4v) is 2.10. The predicted molar refractivity (Wildman–Crippen MR) is 63.9 cm³/mol. The Hall–Kier alpha value is -1.70. The molecule has 0 saturated heterocycles. The minimum atomic E-state index is -0.404. The molecule has 86 valence electrons. The summed E-state index contributed by atoms with van der Waals surface area (Å²) in [5.74, 6) is -0.404. The fraction of sp³-hybridized carbons (Fsp3) is 0.154. The summed E-state index contributed by atoms with van der Waals surface area (Å²) >= 11 is 1.62. The Morgan fingerprint density at radius 3 is 2.88 bits per heavy atom. The van der Waals surface area contributed by atoms with Crippen molar-refractivity contribution < 1.29 is 9.13 Å². The Morgan fingerprint density at radius 1 is 1.29 bits per heavy atom. The van der Waals surface area contributed by atoms with Gasteiger partial charge in [0.2, 0.25) is 0 Å². The van der Waals surface area contributed by atoms with E-state index in [0.29, 0.717) is 24.3 Å². The maximum atomic E-state index is 13.1. The second kappa shape index (κ2) is 5.58. The highest BCUT2D eigenvalue weighted by Crippen LogP contribution is 2.13. The molecule has 0 spiro atoms. The van der Waals surface area contributed by atoms with Gasteiger partial charge in [0, 0.05) is 4.88 Å². The summed E-state index contributed by atoms with van der Waals surface area (Å²) < 4.78 is 18.6. The number of nitriles is 1. The van der Waals surface area contributed by atoms with Crippen molar-refractivity contribution in [3.05, 3.63) is 57.5 Å². The van der Waals surface area contributed by atoms with Crippen molar-refractivity contribution in [2.75, 3.05) is 0 Å². The molecule has 0 bridgehead atoms. The van der Waals surface area contributed by atoms with Gasteiger partial charge in [0.25, 0.3) is 0 Å². The number of halogens is 1. The molecule has 0 amide bonds. The van der Waals surface area contributed by atoms with Crippen LogP contribution in [-0.2, 0) is 18.0 Å². The monoisotopic (exact) mass is 247 g/mol. The molecule has 1 aromatic carbocycles. The van der Waals surface area contributed by atoms with Gasteiger partial charge < -0.3 is 4.74 Å². The molecule has 2 rings (SSSR count). The number of hydrogen-bond acceptors (Lipinski definition) is 3. The molecule has 0 fully saturated rings. The second-order valence-corrected chi connectivity index (χ2v) is 4.56. The molecule has 1 heterocycles. The maximum absolute atomic E-state index is 13.1. The first-order valence-electron chi connectivity index (χ1n) is 5.07. The number of benzene rings is 1. The van der Waals surface area contributed by atoms with Crippen molar-refractivity contribution in [2.24, 2.45) is 0 Å². The Bertz CT molecular complexity index is 531. The summed E-state index contributed by atoms with van der Waals surface area (Å²) in [6.45, 7) is 0.820. The fourth-order valence-electron chi connectivity index (χ4n) is 1.46. The molecular weight excluding hydrogens is 237 g/mol. The number of thiophene rings is 1. The van der Waals surface area contributed by atoms with Crippen LogP contribution in [0, 0.1) is 17.1 Å². The van der Waals surface area contributed by atoms with E-state index in [2.05, 4.69) is 0 Å². The van der Waals surface area contributed by atoms with Gasteiger partial charge in [0.15, 0.2) is 0 Å². The van der Waals surface area contributed by atoms with Gasteiger partial charge in [0.1, 0.15) is 5.82 Å². The smallest absolute Gasteiger partial charge is 0.124 e. The van der Waals surface area contributed by atoms with Gasteiger partial charge in [-0.2, -0.15) is 5.26 Å². The van der Waals surface area contributed by atoms with Gasteiger partial charge >= 0.3 is 0 Å². The molecule has 1 aromatic heterocycles. The second-order valence-electron chi connectivity index (χ2n) is 3.53. The van der Waals surface area contributed by atoms with E-state index in [1.165, 1.54) is 12.1 Å². The first-order valence-corrected chi connectivity index (χ1v) is 5.95. The van der Waals surface area contributed by atoms with Gasteiger partial charge in [-0.15, -0.1) is 11.3 Å². The van der Waals surface area contributed by atoms with Crippen molar-refractivity contribution >= 4 is 11.3 Å². The van der Waals surface area contributed by atoms with Gasteiger partial charge in [0.05, 0.1) is 24.8 Å². The zero-order valence-electron chi connectivity index (χ0n) is 9.02. The molecule has 0 saturated carbocycles. The zero-order valence-corrected chi connectivity index (χ0v) is 9.84. The minimum absolute atomic E-state index is 0.310. The molecule has 0 aliphatic carbocycles. The summed E-state index contributed by atoms with van der Waals surface area (Å²) in [6.07, 6.45) is 0. The highest BCUT2D eigenvalue weighted by molar-refractivity contribution is 7.09. The van der Waals surface area contributed by atoms with Crippen LogP contribution in [0.4, 0.5) is 4.39 Å². The minimum Gasteiger partial charge on any atom is -0.371 e. The van der Waals surface area contributed by atoms with E-state index in [0.717, 1.165) is 4.88 Å². The van der Waals surface area contributed by atoms with Crippen molar-refractivity contribution in [3.63, 3.8) is 0 Å². The first-order chi connectivity index (χ1) is 8.28. The molecular formula is C13H10FNOS. The molecule has 2 aromatic rings. The summed E-state index contributed by atoms with van der Waals surface area (Å²) in [5, 5.41) is 10.7. The highest BCUT2D eigenvalue weighted by atomic mass is 32.1. The highest BCUT2D eigenvalue weighted by Gasteiger charge is 2.01. The van der Waals surface area contributed by atoms with Crippen LogP contribution in [0.3, 0.4) is 0 Å². The van der Waals surface area contributed by atoms with Crippen molar-refractivity contribution in [1.29, 1.82) is 5.26 Å². The average molecular weight is 247 g/mol. The molecule has 0 aliphatic rings. The third kappa shape index (κ3) is 3.38. The van der Waals surface area contributed by atoms with Crippen LogP contribution in [0.15, 0.2) is 35.7 Å². The van der Waals surface area contributed by atoms with E-state index in [4.69, 9.17) is 10.00 Å². The largest absolute Gasteiger partial charge is 0.371 e. The number of rotatable bonds is 4. The van der Waals surface area contributed by atoms with E-state index in [1.54, 1.807) is 17.4 Å². The first kappa shape index (κ1) is 11.8. The van der Waals surface area contributed by atoms with Crippen molar-refractivity contribution in [3.8, 4) is 6.07 Å². The van der Waals surface area contributed by atoms with E-state index in [1.807, 2.05) is 23.6 Å². The van der Waals surface area contributed by atoms with Gasteiger partial charge in [-0.1, -0.05) is 6.07 Å². The number of ether oxygens (including phenoxy) is 1. The lowest BCUT2D eigenvalue weighted by Crippen LogP contribution is -1.94. The predicted octanol–water partition coefficient (Wildman–Crippen LogP) is 3.48. The molecule has 0 radical (unpaired) electrons. The van der Waals surface area contributed by atoms with Crippen LogP contribution in [0.25, 0.3) is 0 Å².